The summed E-state index contributed by atoms with van der Waals surface area (Å²) in [6.07, 6.45) is 1.77. The molecule has 0 aliphatic heterocycles. The lowest BCUT2D eigenvalue weighted by Crippen LogP contribution is -2.33. The molecule has 0 fully saturated rings. The van der Waals surface area contributed by atoms with Crippen LogP contribution in [0.3, 0.4) is 0 Å². The molecule has 2 amide bonds. The summed E-state index contributed by atoms with van der Waals surface area (Å²) in [4.78, 5) is 27.3. The molecule has 0 saturated heterocycles. The highest BCUT2D eigenvalue weighted by atomic mass is 35.5. The number of aromatic nitrogens is 2. The van der Waals surface area contributed by atoms with Gasteiger partial charge in [-0.05, 0) is 50.5 Å². The predicted molar refractivity (Wildman–Crippen MR) is 120 cm³/mol. The lowest BCUT2D eigenvalue weighted by atomic mass is 10.0. The van der Waals surface area contributed by atoms with E-state index in [1.165, 1.54) is 16.7 Å². The Bertz CT molecular complexity index is 1070. The molecular weight excluding hydrogens is 406 g/mol. The zero-order valence-corrected chi connectivity index (χ0v) is 18.2. The van der Waals surface area contributed by atoms with Crippen molar-refractivity contribution in [2.45, 2.75) is 34.2 Å². The number of carboxylic acid groups (broad SMARTS) is 1. The quantitative estimate of drug-likeness (QED) is 0.474. The average Bonchev–Trinajstić information content (AvgIpc) is 2.94. The van der Waals surface area contributed by atoms with Gasteiger partial charge in [-0.15, -0.1) is 12.4 Å². The summed E-state index contributed by atoms with van der Waals surface area (Å²) in [6, 6.07) is 7.41. The van der Waals surface area contributed by atoms with Crippen LogP contribution < -0.4 is 16.0 Å². The van der Waals surface area contributed by atoms with Crippen LogP contribution in [0.4, 0.5) is 16.2 Å². The molecule has 9 heteroatoms. The van der Waals surface area contributed by atoms with Crippen LogP contribution in [0.2, 0.25) is 0 Å². The first kappa shape index (κ1) is 23.0. The molecule has 4 N–H and O–H groups in total. The highest BCUT2D eigenvalue weighted by Crippen LogP contribution is 2.25. The fourth-order valence-electron chi connectivity index (χ4n) is 3.21. The molecule has 160 valence electrons. The fraction of sp³-hybridized carbons (Fsp3) is 0.286. The molecule has 0 atom stereocenters. The average molecular weight is 432 g/mol. The molecule has 8 nitrogen and oxygen atoms in total. The van der Waals surface area contributed by atoms with Crippen LogP contribution in [-0.2, 0) is 11.3 Å². The molecule has 3 aromatic rings. The van der Waals surface area contributed by atoms with E-state index in [1.807, 2.05) is 24.3 Å². The Labute approximate surface area is 181 Å². The number of nitrogens with one attached hydrogen (secondary N) is 3. The van der Waals surface area contributed by atoms with Crippen LogP contribution >= 0.6 is 12.4 Å². The number of hydrogen-bond donors (Lipinski definition) is 4. The Morgan fingerprint density at radius 1 is 1.13 bits per heavy atom. The van der Waals surface area contributed by atoms with E-state index in [-0.39, 0.29) is 12.4 Å². The summed E-state index contributed by atoms with van der Waals surface area (Å²) < 4.78 is 1.91. The maximum Gasteiger partial charge on any atom is 0.323 e. The zero-order chi connectivity index (χ0) is 21.1. The molecule has 2 heterocycles. The molecule has 0 aliphatic rings. The van der Waals surface area contributed by atoms with Crippen molar-refractivity contribution in [3.05, 3.63) is 58.5 Å². The van der Waals surface area contributed by atoms with Gasteiger partial charge < -0.3 is 25.5 Å². The van der Waals surface area contributed by atoms with Crippen LogP contribution in [0, 0.1) is 27.7 Å². The molecule has 3 rings (SSSR count). The molecular formula is C21H26ClN5O3. The summed E-state index contributed by atoms with van der Waals surface area (Å²) in [5.74, 6) is -1.10. The van der Waals surface area contributed by atoms with Gasteiger partial charge in [0.15, 0.2) is 5.65 Å². The van der Waals surface area contributed by atoms with E-state index in [0.717, 1.165) is 22.7 Å². The second-order valence-corrected chi connectivity index (χ2v) is 7.04. The van der Waals surface area contributed by atoms with Gasteiger partial charge in [-0.3, -0.25) is 4.79 Å². The van der Waals surface area contributed by atoms with Crippen LogP contribution in [0.5, 0.6) is 0 Å². The van der Waals surface area contributed by atoms with Crippen LogP contribution in [-0.4, -0.2) is 33.0 Å². The normalized spacial score (nSPS) is 10.4. The third-order valence-electron chi connectivity index (χ3n) is 4.95. The zero-order valence-electron chi connectivity index (χ0n) is 17.4. The minimum Gasteiger partial charge on any atom is -0.480 e. The molecule has 0 bridgehead atoms. The predicted octanol–water partition coefficient (Wildman–Crippen LogP) is 3.81. The molecule has 0 spiro atoms. The summed E-state index contributed by atoms with van der Waals surface area (Å²) >= 11 is 0. The number of aryl methyl sites for hydroxylation is 4. The number of urea groups is 1. The van der Waals surface area contributed by atoms with Gasteiger partial charge in [0.05, 0.1) is 17.1 Å². The number of imidazole rings is 1. The van der Waals surface area contributed by atoms with Crippen molar-refractivity contribution in [1.29, 1.82) is 0 Å². The number of rotatable bonds is 6. The third kappa shape index (κ3) is 5.01. The van der Waals surface area contributed by atoms with E-state index in [0.29, 0.717) is 12.2 Å². The van der Waals surface area contributed by atoms with E-state index in [9.17, 15) is 9.59 Å². The molecule has 0 saturated carbocycles. The highest BCUT2D eigenvalue weighted by Gasteiger charge is 2.13. The minimum absolute atomic E-state index is 0. The summed E-state index contributed by atoms with van der Waals surface area (Å²) in [5.41, 5.74) is 7.55. The molecule has 30 heavy (non-hydrogen) atoms. The smallest absolute Gasteiger partial charge is 0.323 e. The number of aliphatic carboxylic acids is 1. The Balaban J connectivity index is 0.00000320. The van der Waals surface area contributed by atoms with Gasteiger partial charge in [-0.25, -0.2) is 9.78 Å². The van der Waals surface area contributed by atoms with Crippen molar-refractivity contribution >= 4 is 41.4 Å². The second-order valence-electron chi connectivity index (χ2n) is 7.04. The van der Waals surface area contributed by atoms with Crippen LogP contribution in [0.15, 0.2) is 30.5 Å². The van der Waals surface area contributed by atoms with Crippen molar-refractivity contribution < 1.29 is 14.7 Å². The number of carbonyl (C=O) groups is 2. The number of halogens is 1. The highest BCUT2D eigenvalue weighted by molar-refractivity contribution is 5.92. The van der Waals surface area contributed by atoms with Crippen molar-refractivity contribution in [3.8, 4) is 0 Å². The van der Waals surface area contributed by atoms with E-state index < -0.39 is 18.5 Å². The van der Waals surface area contributed by atoms with Gasteiger partial charge in [-0.2, -0.15) is 0 Å². The maximum absolute atomic E-state index is 12.0. The van der Waals surface area contributed by atoms with Crippen molar-refractivity contribution in [2.24, 2.45) is 0 Å². The van der Waals surface area contributed by atoms with Gasteiger partial charge in [0.2, 0.25) is 0 Å². The molecule has 0 unspecified atom stereocenters. The second kappa shape index (κ2) is 9.49. The van der Waals surface area contributed by atoms with Crippen molar-refractivity contribution in [3.63, 3.8) is 0 Å². The summed E-state index contributed by atoms with van der Waals surface area (Å²) in [5, 5.41) is 17.1. The Morgan fingerprint density at radius 3 is 2.43 bits per heavy atom. The van der Waals surface area contributed by atoms with E-state index in [4.69, 9.17) is 5.11 Å². The fourth-order valence-corrected chi connectivity index (χ4v) is 3.21. The largest absolute Gasteiger partial charge is 0.480 e. The number of carbonyl (C=O) groups excluding carboxylic acids is 1. The number of anilines is 2. The monoisotopic (exact) mass is 431 g/mol. The van der Waals surface area contributed by atoms with E-state index in [1.54, 1.807) is 12.3 Å². The number of amides is 2. The summed E-state index contributed by atoms with van der Waals surface area (Å²) in [7, 11) is 0. The standard InChI is InChI=1S/C21H25N5O3.ClH/c1-12-6-5-7-13(2)17(12)9-22-18-8-16(25-21(29)23-10-19(27)28)11-26-15(4)14(3)24-20(18)26;/h5-8,11,22H,9-10H2,1-4H3,(H,27,28)(H2,23,25,29);1H. The molecule has 1 aromatic carbocycles. The number of benzene rings is 1. The third-order valence-corrected chi connectivity index (χ3v) is 4.95. The number of fused-ring (bicyclic) bond motifs is 1. The lowest BCUT2D eigenvalue weighted by Gasteiger charge is -2.15. The van der Waals surface area contributed by atoms with Crippen molar-refractivity contribution in [2.75, 3.05) is 17.2 Å². The first-order valence-corrected chi connectivity index (χ1v) is 9.31. The molecule has 0 aliphatic carbocycles. The number of pyridine rings is 1. The van der Waals surface area contributed by atoms with Crippen molar-refractivity contribution in [1.82, 2.24) is 14.7 Å². The van der Waals surface area contributed by atoms with Crippen LogP contribution in [0.25, 0.3) is 5.65 Å². The van der Waals surface area contributed by atoms with E-state index >= 15 is 0 Å². The number of nitrogens with zero attached hydrogens (tertiary/aromatic N) is 2. The molecule has 2 aromatic heterocycles. The van der Waals surface area contributed by atoms with Crippen LogP contribution in [0.1, 0.15) is 28.1 Å². The maximum atomic E-state index is 12.0. The topological polar surface area (TPSA) is 108 Å². The van der Waals surface area contributed by atoms with Gasteiger partial charge in [0.1, 0.15) is 6.54 Å². The SMILES string of the molecule is Cc1cccc(C)c1CNc1cc(NC(=O)NCC(=O)O)cn2c(C)c(C)nc12.Cl. The Kier molecular flexibility index (Phi) is 7.28. The van der Waals surface area contributed by atoms with Gasteiger partial charge >= 0.3 is 12.0 Å². The van der Waals surface area contributed by atoms with Gasteiger partial charge in [0, 0.05) is 18.4 Å². The Morgan fingerprint density at radius 2 is 1.80 bits per heavy atom. The number of carboxylic acids is 1. The number of hydrogen-bond acceptors (Lipinski definition) is 4. The first-order valence-electron chi connectivity index (χ1n) is 9.31. The first-order chi connectivity index (χ1) is 13.8. The Hall–Kier alpha value is -3.26. The van der Waals surface area contributed by atoms with Gasteiger partial charge in [0.25, 0.3) is 0 Å². The minimum atomic E-state index is -1.10. The lowest BCUT2D eigenvalue weighted by molar-refractivity contribution is -0.135. The molecule has 0 radical (unpaired) electrons. The summed E-state index contributed by atoms with van der Waals surface area (Å²) in [6.45, 7) is 8.22. The van der Waals surface area contributed by atoms with Gasteiger partial charge in [-0.1, -0.05) is 18.2 Å². The van der Waals surface area contributed by atoms with E-state index in [2.05, 4.69) is 46.9 Å².